The fraction of sp³-hybridized carbons (Fsp3) is 0.429. The molecule has 0 atom stereocenters. The summed E-state index contributed by atoms with van der Waals surface area (Å²) in [5.41, 5.74) is 0. The van der Waals surface area contributed by atoms with Gasteiger partial charge in [-0.1, -0.05) is 0 Å². The number of nitrogens with one attached hydrogen (secondary N) is 1. The predicted molar refractivity (Wildman–Crippen MR) is 53.9 cm³/mol. The Hall–Kier alpha value is -0.550. The molecule has 1 rings (SSSR count). The van der Waals surface area contributed by atoms with Crippen molar-refractivity contribution in [2.45, 2.75) is 6.92 Å². The number of aromatic nitrogens is 1. The van der Waals surface area contributed by atoms with Crippen molar-refractivity contribution in [2.75, 3.05) is 17.3 Å². The van der Waals surface area contributed by atoms with E-state index in [4.69, 9.17) is 0 Å². The number of thiazole rings is 1. The lowest BCUT2D eigenvalue weighted by atomic mass is 10.6. The molecule has 0 bridgehead atoms. The molecule has 0 saturated carbocycles. The van der Waals surface area contributed by atoms with Crippen LogP contribution in [-0.2, 0) is 4.79 Å². The number of hydrogen-bond acceptors (Lipinski definition) is 4. The highest BCUT2D eigenvalue weighted by atomic mass is 32.2. The Morgan fingerprint density at radius 1 is 1.83 bits per heavy atom. The van der Waals surface area contributed by atoms with Crippen LogP contribution in [0.4, 0.5) is 5.82 Å². The first-order valence-corrected chi connectivity index (χ1v) is 5.70. The third-order valence-corrected chi connectivity index (χ3v) is 2.49. The summed E-state index contributed by atoms with van der Waals surface area (Å²) in [6, 6.07) is 0. The van der Waals surface area contributed by atoms with Crippen molar-refractivity contribution in [1.29, 1.82) is 0 Å². The summed E-state index contributed by atoms with van der Waals surface area (Å²) in [6.07, 6.45) is 1.89. The maximum absolute atomic E-state index is 11.1. The molecule has 0 aliphatic rings. The highest BCUT2D eigenvalue weighted by Gasteiger charge is 2.02. The van der Waals surface area contributed by atoms with Gasteiger partial charge in [-0.25, -0.2) is 4.98 Å². The maximum Gasteiger partial charge on any atom is 0.235 e. The Morgan fingerprint density at radius 2 is 2.58 bits per heavy atom. The van der Waals surface area contributed by atoms with E-state index in [-0.39, 0.29) is 5.91 Å². The molecule has 0 spiro atoms. The van der Waals surface area contributed by atoms with E-state index in [1.807, 2.05) is 18.6 Å². The summed E-state index contributed by atoms with van der Waals surface area (Å²) in [7, 11) is 0. The minimum atomic E-state index is 0.00722. The molecule has 1 aromatic rings. The highest BCUT2D eigenvalue weighted by Crippen LogP contribution is 2.12. The number of hydrogen-bond donors (Lipinski definition) is 1. The number of aryl methyl sites for hydroxylation is 1. The minimum absolute atomic E-state index is 0.00722. The molecule has 66 valence electrons. The van der Waals surface area contributed by atoms with Gasteiger partial charge in [0.05, 0.1) is 10.8 Å². The van der Waals surface area contributed by atoms with Crippen LogP contribution in [0.3, 0.4) is 0 Å². The number of carbonyl (C=O) groups excluding carboxylic acids is 1. The summed E-state index contributed by atoms with van der Waals surface area (Å²) in [5, 5.41) is 5.51. The minimum Gasteiger partial charge on any atom is -0.309 e. The van der Waals surface area contributed by atoms with E-state index in [2.05, 4.69) is 10.3 Å². The highest BCUT2D eigenvalue weighted by molar-refractivity contribution is 7.99. The molecule has 1 N–H and O–H groups in total. The van der Waals surface area contributed by atoms with Gasteiger partial charge >= 0.3 is 0 Å². The zero-order valence-corrected chi connectivity index (χ0v) is 8.59. The van der Waals surface area contributed by atoms with Crippen molar-refractivity contribution in [3.05, 3.63) is 10.4 Å². The molecule has 0 unspecified atom stereocenters. The van der Waals surface area contributed by atoms with Gasteiger partial charge in [-0.05, 0) is 13.2 Å². The van der Waals surface area contributed by atoms with Crippen LogP contribution < -0.4 is 5.32 Å². The first-order chi connectivity index (χ1) is 5.72. The molecule has 12 heavy (non-hydrogen) atoms. The second-order valence-electron chi connectivity index (χ2n) is 2.23. The second-order valence-corrected chi connectivity index (χ2v) is 4.16. The number of carbonyl (C=O) groups is 1. The summed E-state index contributed by atoms with van der Waals surface area (Å²) in [4.78, 5) is 15.2. The summed E-state index contributed by atoms with van der Waals surface area (Å²) < 4.78 is 0. The van der Waals surface area contributed by atoms with E-state index in [0.717, 1.165) is 5.01 Å². The molecule has 0 saturated heterocycles. The fourth-order valence-corrected chi connectivity index (χ4v) is 1.61. The zero-order chi connectivity index (χ0) is 8.97. The SMILES string of the molecule is CSCC(=O)Nc1csc(C)n1. The largest absolute Gasteiger partial charge is 0.309 e. The van der Waals surface area contributed by atoms with Gasteiger partial charge in [0, 0.05) is 5.38 Å². The lowest BCUT2D eigenvalue weighted by Gasteiger charge is -1.97. The molecule has 0 radical (unpaired) electrons. The monoisotopic (exact) mass is 202 g/mol. The topological polar surface area (TPSA) is 42.0 Å². The van der Waals surface area contributed by atoms with Gasteiger partial charge in [0.2, 0.25) is 5.91 Å². The van der Waals surface area contributed by atoms with Gasteiger partial charge in [-0.3, -0.25) is 4.79 Å². The molecule has 0 aromatic carbocycles. The van der Waals surface area contributed by atoms with Crippen LogP contribution in [0.5, 0.6) is 0 Å². The Labute approximate surface area is 79.6 Å². The van der Waals surface area contributed by atoms with Gasteiger partial charge in [-0.15, -0.1) is 11.3 Å². The average Bonchev–Trinajstić information content (AvgIpc) is 2.36. The van der Waals surface area contributed by atoms with Crippen molar-refractivity contribution in [2.24, 2.45) is 0 Å². The number of nitrogens with zero attached hydrogens (tertiary/aromatic N) is 1. The van der Waals surface area contributed by atoms with Crippen molar-refractivity contribution >= 4 is 34.8 Å². The van der Waals surface area contributed by atoms with Gasteiger partial charge in [0.1, 0.15) is 5.82 Å². The smallest absolute Gasteiger partial charge is 0.235 e. The van der Waals surface area contributed by atoms with Crippen LogP contribution in [0.1, 0.15) is 5.01 Å². The molecule has 0 aliphatic heterocycles. The van der Waals surface area contributed by atoms with E-state index in [1.54, 1.807) is 0 Å². The standard InChI is InChI=1S/C7H10N2OS2/c1-5-8-6(3-12-5)9-7(10)4-11-2/h3H,4H2,1-2H3,(H,9,10). The average molecular weight is 202 g/mol. The molecular formula is C7H10N2OS2. The van der Waals surface area contributed by atoms with Crippen molar-refractivity contribution < 1.29 is 4.79 Å². The summed E-state index contributed by atoms with van der Waals surface area (Å²) in [6.45, 7) is 1.91. The van der Waals surface area contributed by atoms with Crippen LogP contribution in [-0.4, -0.2) is 22.9 Å². The van der Waals surface area contributed by atoms with Gasteiger partial charge in [0.15, 0.2) is 0 Å². The number of amides is 1. The Balaban J connectivity index is 2.46. The van der Waals surface area contributed by atoms with Crippen LogP contribution in [0.25, 0.3) is 0 Å². The van der Waals surface area contributed by atoms with Crippen LogP contribution in [0.15, 0.2) is 5.38 Å². The number of anilines is 1. The van der Waals surface area contributed by atoms with Crippen molar-refractivity contribution in [3.63, 3.8) is 0 Å². The van der Waals surface area contributed by atoms with Crippen LogP contribution >= 0.6 is 23.1 Å². The van der Waals surface area contributed by atoms with Crippen molar-refractivity contribution in [1.82, 2.24) is 4.98 Å². The Bertz CT molecular complexity index is 272. The molecule has 5 heteroatoms. The van der Waals surface area contributed by atoms with Gasteiger partial charge < -0.3 is 5.32 Å². The normalized spacial score (nSPS) is 9.83. The molecule has 3 nitrogen and oxygen atoms in total. The van der Waals surface area contributed by atoms with E-state index >= 15 is 0 Å². The Kier molecular flexibility index (Phi) is 3.55. The van der Waals surface area contributed by atoms with Gasteiger partial charge in [-0.2, -0.15) is 11.8 Å². The molecule has 1 amide bonds. The van der Waals surface area contributed by atoms with E-state index < -0.39 is 0 Å². The van der Waals surface area contributed by atoms with Crippen molar-refractivity contribution in [3.8, 4) is 0 Å². The fourth-order valence-electron chi connectivity index (χ4n) is 0.731. The molecule has 1 heterocycles. The van der Waals surface area contributed by atoms with Crippen LogP contribution in [0, 0.1) is 6.92 Å². The maximum atomic E-state index is 11.1. The second kappa shape index (κ2) is 4.47. The molecule has 1 aromatic heterocycles. The number of rotatable bonds is 3. The zero-order valence-electron chi connectivity index (χ0n) is 6.96. The quantitative estimate of drug-likeness (QED) is 0.812. The lowest BCUT2D eigenvalue weighted by Crippen LogP contribution is -2.13. The van der Waals surface area contributed by atoms with Gasteiger partial charge in [0.25, 0.3) is 0 Å². The summed E-state index contributed by atoms with van der Waals surface area (Å²) >= 11 is 3.03. The number of thioether (sulfide) groups is 1. The Morgan fingerprint density at radius 3 is 3.08 bits per heavy atom. The van der Waals surface area contributed by atoms with Crippen LogP contribution in [0.2, 0.25) is 0 Å². The molecule has 0 fully saturated rings. The first kappa shape index (κ1) is 9.54. The molecule has 0 aliphatic carbocycles. The first-order valence-electron chi connectivity index (χ1n) is 3.43. The molecular weight excluding hydrogens is 192 g/mol. The third-order valence-electron chi connectivity index (χ3n) is 1.16. The van der Waals surface area contributed by atoms with E-state index in [9.17, 15) is 4.79 Å². The summed E-state index contributed by atoms with van der Waals surface area (Å²) in [5.74, 6) is 1.15. The van der Waals surface area contributed by atoms with E-state index in [0.29, 0.717) is 11.6 Å². The lowest BCUT2D eigenvalue weighted by molar-refractivity contribution is -0.113. The van der Waals surface area contributed by atoms with E-state index in [1.165, 1.54) is 23.1 Å². The third kappa shape index (κ3) is 2.83. The predicted octanol–water partition coefficient (Wildman–Crippen LogP) is 1.75.